The average molecular weight is 841 g/mol. The van der Waals surface area contributed by atoms with Crippen molar-refractivity contribution in [1.29, 1.82) is 0 Å². The van der Waals surface area contributed by atoms with Crippen LogP contribution in [0.3, 0.4) is 0 Å². The van der Waals surface area contributed by atoms with Gasteiger partial charge in [-0.1, -0.05) is 24.3 Å². The summed E-state index contributed by atoms with van der Waals surface area (Å²) in [5.74, 6) is 1.68. The first-order valence-electron chi connectivity index (χ1n) is 16.6. The minimum Gasteiger partial charge on any atom is -0.508 e. The predicted octanol–water partition coefficient (Wildman–Crippen LogP) is 8.19. The van der Waals surface area contributed by atoms with Crippen molar-refractivity contribution in [3.05, 3.63) is 104 Å². The number of aromatic hydroxyl groups is 1. The van der Waals surface area contributed by atoms with Crippen molar-refractivity contribution in [3.63, 3.8) is 0 Å². The Hall–Kier alpha value is -3.62. The highest BCUT2D eigenvalue weighted by atomic mass is 79.9. The predicted molar refractivity (Wildman–Crippen MR) is 199 cm³/mol. The molecule has 280 valence electrons. The van der Waals surface area contributed by atoms with Gasteiger partial charge in [0.1, 0.15) is 36.2 Å². The molecule has 2 N–H and O–H groups in total. The molecule has 13 heteroatoms. The van der Waals surface area contributed by atoms with E-state index in [-0.39, 0.29) is 24.3 Å². The molecule has 0 fully saturated rings. The molecule has 0 saturated heterocycles. The number of aryl methyl sites for hydroxylation is 2. The van der Waals surface area contributed by atoms with Gasteiger partial charge in [0.2, 0.25) is 0 Å². The number of benzene rings is 2. The first-order valence-corrected chi connectivity index (χ1v) is 18.2. The van der Waals surface area contributed by atoms with Crippen LogP contribution in [0.1, 0.15) is 61.5 Å². The average Bonchev–Trinajstić information content (AvgIpc) is 3.62. The number of furan rings is 2. The maximum absolute atomic E-state index is 11.9. The molecule has 0 bridgehead atoms. The minimum atomic E-state index is -0.583. The van der Waals surface area contributed by atoms with Gasteiger partial charge in [-0.3, -0.25) is 0 Å². The third kappa shape index (κ3) is 16.1. The van der Waals surface area contributed by atoms with Crippen molar-refractivity contribution in [2.75, 3.05) is 26.4 Å². The number of hydrogen-bond acceptors (Lipinski definition) is 11. The number of carbonyl (C=O) groups excluding carboxylic acids is 2. The van der Waals surface area contributed by atoms with Crippen LogP contribution in [0, 0.1) is 13.8 Å². The van der Waals surface area contributed by atoms with Gasteiger partial charge in [-0.05, 0) is 132 Å². The summed E-state index contributed by atoms with van der Waals surface area (Å²) in [6.45, 7) is 13.0. The molecule has 0 aliphatic heterocycles. The zero-order chi connectivity index (χ0) is 37.8. The molecule has 2 atom stereocenters. The summed E-state index contributed by atoms with van der Waals surface area (Å²) in [7, 11) is 0. The zero-order valence-corrected chi connectivity index (χ0v) is 33.1. The molecule has 2 aromatic heterocycles. The van der Waals surface area contributed by atoms with Gasteiger partial charge >= 0.3 is 11.9 Å². The third-order valence-electron chi connectivity index (χ3n) is 7.03. The Morgan fingerprint density at radius 1 is 0.686 bits per heavy atom. The van der Waals surface area contributed by atoms with Crippen LogP contribution in [0.15, 0.2) is 78.8 Å². The second-order valence-corrected chi connectivity index (χ2v) is 12.4. The summed E-state index contributed by atoms with van der Waals surface area (Å²) in [6.07, 6.45) is -0.242. The zero-order valence-electron chi connectivity index (χ0n) is 29.9. The minimum absolute atomic E-state index is 0.0303. The van der Waals surface area contributed by atoms with E-state index in [0.717, 1.165) is 33.8 Å². The van der Waals surface area contributed by atoms with E-state index in [2.05, 4.69) is 31.9 Å². The largest absolute Gasteiger partial charge is 0.508 e. The van der Waals surface area contributed by atoms with E-state index in [0.29, 0.717) is 61.0 Å². The Kier molecular flexibility index (Phi) is 20.3. The lowest BCUT2D eigenvalue weighted by Gasteiger charge is -2.15. The summed E-state index contributed by atoms with van der Waals surface area (Å²) >= 11 is 6.45. The Morgan fingerprint density at radius 3 is 1.47 bits per heavy atom. The van der Waals surface area contributed by atoms with Crippen LogP contribution in [0.5, 0.6) is 11.5 Å². The van der Waals surface area contributed by atoms with Crippen LogP contribution in [0.2, 0.25) is 0 Å². The standard InChI is InChI=1S/C19H23BrO5.C13H18O4.C6H7BrO2/c1-4-22-16(19(21)23-5-2)11-14-6-8-15(9-7-14)24-12-17-13(3)10-18(20)25-17;1-3-16-12(13(15)17-4-2)9-10-5-7-11(14)8-6-10;1-4-2-6(7)9-5(4)3-8/h6-10,16H,4-5,11-12H2,1-3H3;5-8,12,14H,3-4,9H2,1-2H3;2,8H,3H2,1H3/t16-;12-;/m11./s1. The van der Waals surface area contributed by atoms with Gasteiger partial charge in [-0.2, -0.15) is 0 Å². The van der Waals surface area contributed by atoms with Gasteiger partial charge in [0, 0.05) is 26.1 Å². The molecule has 11 nitrogen and oxygen atoms in total. The van der Waals surface area contributed by atoms with Crippen LogP contribution in [0.4, 0.5) is 0 Å². The third-order valence-corrected chi connectivity index (χ3v) is 7.81. The molecule has 51 heavy (non-hydrogen) atoms. The fourth-order valence-corrected chi connectivity index (χ4v) is 5.56. The molecular weight excluding hydrogens is 792 g/mol. The van der Waals surface area contributed by atoms with Crippen LogP contribution >= 0.6 is 31.9 Å². The molecule has 0 aliphatic carbocycles. The van der Waals surface area contributed by atoms with Crippen molar-refractivity contribution >= 4 is 43.8 Å². The van der Waals surface area contributed by atoms with E-state index in [1.807, 2.05) is 64.1 Å². The van der Waals surface area contributed by atoms with Crippen molar-refractivity contribution in [3.8, 4) is 11.5 Å². The number of ether oxygens (including phenoxy) is 5. The van der Waals surface area contributed by atoms with Gasteiger partial charge < -0.3 is 42.7 Å². The number of rotatable bonds is 16. The molecular formula is C38H48Br2O11. The van der Waals surface area contributed by atoms with E-state index in [1.54, 1.807) is 38.1 Å². The fraction of sp³-hybridized carbons (Fsp3) is 0.421. The Bertz CT molecular complexity index is 1580. The van der Waals surface area contributed by atoms with Gasteiger partial charge in [0.05, 0.1) is 13.2 Å². The highest BCUT2D eigenvalue weighted by Crippen LogP contribution is 2.22. The van der Waals surface area contributed by atoms with Crippen LogP contribution in [-0.4, -0.2) is 60.8 Å². The number of halogens is 2. The lowest BCUT2D eigenvalue weighted by Crippen LogP contribution is -2.28. The van der Waals surface area contributed by atoms with Crippen LogP contribution < -0.4 is 4.74 Å². The number of aliphatic hydroxyl groups excluding tert-OH is 1. The number of phenols is 1. The maximum atomic E-state index is 11.9. The van der Waals surface area contributed by atoms with E-state index < -0.39 is 12.2 Å². The quantitative estimate of drug-likeness (QED) is 0.105. The van der Waals surface area contributed by atoms with Crippen molar-refractivity contribution in [1.82, 2.24) is 0 Å². The SMILES string of the molecule is CCOC(=O)[C@@H](Cc1ccc(O)cc1)OCC.CCOC(=O)[C@@H](Cc1ccc(OCc2oc(Br)cc2C)cc1)OCC.Cc1cc(Br)oc1CO. The fourth-order valence-electron chi connectivity index (χ4n) is 4.48. The highest BCUT2D eigenvalue weighted by Gasteiger charge is 2.21. The molecule has 0 aliphatic rings. The topological polar surface area (TPSA) is 147 Å². The summed E-state index contributed by atoms with van der Waals surface area (Å²) < 4.78 is 38.5. The van der Waals surface area contributed by atoms with Crippen LogP contribution in [0.25, 0.3) is 0 Å². The Labute approximate surface area is 316 Å². The van der Waals surface area contributed by atoms with Crippen molar-refractivity contribution < 1.29 is 52.3 Å². The first-order chi connectivity index (χ1) is 24.4. The second kappa shape index (κ2) is 23.8. The normalized spacial score (nSPS) is 11.7. The summed E-state index contributed by atoms with van der Waals surface area (Å²) in [6, 6.07) is 18.0. The van der Waals surface area contributed by atoms with Crippen molar-refractivity contribution in [2.24, 2.45) is 0 Å². The number of hydrogen-bond donors (Lipinski definition) is 2. The number of aliphatic hydroxyl groups is 1. The molecule has 2 aromatic carbocycles. The van der Waals surface area contributed by atoms with Crippen molar-refractivity contribution in [2.45, 2.75) is 79.8 Å². The highest BCUT2D eigenvalue weighted by molar-refractivity contribution is 9.10. The second-order valence-electron chi connectivity index (χ2n) is 10.9. The monoisotopic (exact) mass is 838 g/mol. The van der Waals surface area contributed by atoms with Gasteiger partial charge in [0.25, 0.3) is 0 Å². The molecule has 0 saturated carbocycles. The Balaban J connectivity index is 0.000000297. The van der Waals surface area contributed by atoms with E-state index in [9.17, 15) is 9.59 Å². The van der Waals surface area contributed by atoms with Gasteiger partial charge in [-0.25, -0.2) is 9.59 Å². The van der Waals surface area contributed by atoms with Gasteiger partial charge in [0.15, 0.2) is 21.5 Å². The number of carbonyl (C=O) groups is 2. The maximum Gasteiger partial charge on any atom is 0.335 e. The smallest absolute Gasteiger partial charge is 0.335 e. The molecule has 4 rings (SSSR count). The van der Waals surface area contributed by atoms with E-state index in [1.165, 1.54) is 0 Å². The molecule has 2 heterocycles. The van der Waals surface area contributed by atoms with E-state index in [4.69, 9.17) is 42.7 Å². The molecule has 0 amide bonds. The van der Waals surface area contributed by atoms with E-state index >= 15 is 0 Å². The van der Waals surface area contributed by atoms with Gasteiger partial charge in [-0.15, -0.1) is 0 Å². The first kappa shape index (κ1) is 43.5. The molecule has 0 radical (unpaired) electrons. The summed E-state index contributed by atoms with van der Waals surface area (Å²) in [4.78, 5) is 23.5. The Morgan fingerprint density at radius 2 is 1.12 bits per heavy atom. The summed E-state index contributed by atoms with van der Waals surface area (Å²) in [5, 5.41) is 17.8. The molecule has 4 aromatic rings. The number of esters is 2. The summed E-state index contributed by atoms with van der Waals surface area (Å²) in [5.41, 5.74) is 3.92. The molecule has 0 unspecified atom stereocenters. The number of phenolic OH excluding ortho intramolecular Hbond substituents is 1. The molecule has 0 spiro atoms. The lowest BCUT2D eigenvalue weighted by molar-refractivity contribution is -0.157. The lowest BCUT2D eigenvalue weighted by atomic mass is 10.1. The van der Waals surface area contributed by atoms with Crippen LogP contribution in [-0.2, 0) is 54.6 Å².